The van der Waals surface area contributed by atoms with Crippen molar-refractivity contribution in [1.29, 1.82) is 0 Å². The predicted molar refractivity (Wildman–Crippen MR) is 73.8 cm³/mol. The number of ether oxygens (including phenoxy) is 1. The minimum atomic E-state index is 0.564. The van der Waals surface area contributed by atoms with Crippen molar-refractivity contribution in [3.63, 3.8) is 0 Å². The van der Waals surface area contributed by atoms with Crippen LogP contribution in [0.3, 0.4) is 0 Å². The highest BCUT2D eigenvalue weighted by Crippen LogP contribution is 2.23. The summed E-state index contributed by atoms with van der Waals surface area (Å²) >= 11 is 5.91. The van der Waals surface area contributed by atoms with Gasteiger partial charge in [-0.2, -0.15) is 0 Å². The van der Waals surface area contributed by atoms with E-state index in [1.165, 1.54) is 18.4 Å². The van der Waals surface area contributed by atoms with Crippen LogP contribution >= 0.6 is 11.6 Å². The van der Waals surface area contributed by atoms with Crippen molar-refractivity contribution in [1.82, 2.24) is 5.32 Å². The molecule has 1 unspecified atom stereocenters. The summed E-state index contributed by atoms with van der Waals surface area (Å²) in [7, 11) is 3.75. The maximum absolute atomic E-state index is 5.91. The van der Waals surface area contributed by atoms with Crippen molar-refractivity contribution in [2.75, 3.05) is 27.3 Å². The zero-order valence-corrected chi connectivity index (χ0v) is 11.5. The van der Waals surface area contributed by atoms with Gasteiger partial charge in [-0.3, -0.25) is 0 Å². The van der Waals surface area contributed by atoms with Crippen LogP contribution in [0.4, 0.5) is 0 Å². The van der Waals surface area contributed by atoms with Gasteiger partial charge in [0.1, 0.15) is 0 Å². The number of benzene rings is 1. The van der Waals surface area contributed by atoms with Gasteiger partial charge in [-0.15, -0.1) is 0 Å². The molecule has 96 valence electrons. The van der Waals surface area contributed by atoms with E-state index in [1.54, 1.807) is 7.11 Å². The van der Waals surface area contributed by atoms with E-state index in [1.807, 2.05) is 19.2 Å². The second-order valence-corrected chi connectivity index (χ2v) is 4.73. The smallest absolute Gasteiger partial charge is 0.0462 e. The lowest BCUT2D eigenvalue weighted by Gasteiger charge is -2.17. The number of nitrogens with one attached hydrogen (secondary N) is 1. The second-order valence-electron chi connectivity index (χ2n) is 4.29. The van der Waals surface area contributed by atoms with Gasteiger partial charge in [0.15, 0.2) is 0 Å². The standard InChI is InChI=1S/C14H22ClNO/c1-16-11-13(5-3-4-10-17-2)12-6-8-14(15)9-7-12/h6-9,13,16H,3-5,10-11H2,1-2H3. The summed E-state index contributed by atoms with van der Waals surface area (Å²) in [4.78, 5) is 0. The molecule has 0 amide bonds. The summed E-state index contributed by atoms with van der Waals surface area (Å²) < 4.78 is 5.07. The Labute approximate surface area is 109 Å². The molecule has 0 aromatic heterocycles. The van der Waals surface area contributed by atoms with Crippen LogP contribution in [0.1, 0.15) is 30.7 Å². The van der Waals surface area contributed by atoms with Gasteiger partial charge >= 0.3 is 0 Å². The van der Waals surface area contributed by atoms with Crippen LogP contribution in [-0.2, 0) is 4.74 Å². The molecule has 0 aliphatic heterocycles. The first kappa shape index (κ1) is 14.5. The van der Waals surface area contributed by atoms with E-state index < -0.39 is 0 Å². The number of likely N-dealkylation sites (N-methyl/N-ethyl adjacent to an activating group) is 1. The molecule has 0 fully saturated rings. The zero-order chi connectivity index (χ0) is 12.5. The van der Waals surface area contributed by atoms with E-state index in [2.05, 4.69) is 17.4 Å². The topological polar surface area (TPSA) is 21.3 Å². The fourth-order valence-electron chi connectivity index (χ4n) is 2.01. The van der Waals surface area contributed by atoms with E-state index in [9.17, 15) is 0 Å². The highest BCUT2D eigenvalue weighted by molar-refractivity contribution is 6.30. The Morgan fingerprint density at radius 1 is 1.24 bits per heavy atom. The van der Waals surface area contributed by atoms with Gasteiger partial charge in [-0.1, -0.05) is 30.2 Å². The molecule has 3 heteroatoms. The first-order valence-corrected chi connectivity index (χ1v) is 6.54. The molecule has 0 heterocycles. The number of methoxy groups -OCH3 is 1. The Morgan fingerprint density at radius 2 is 1.94 bits per heavy atom. The van der Waals surface area contributed by atoms with E-state index in [-0.39, 0.29) is 0 Å². The second kappa shape index (κ2) is 8.51. The minimum Gasteiger partial charge on any atom is -0.385 e. The molecule has 0 aliphatic rings. The van der Waals surface area contributed by atoms with Crippen molar-refractivity contribution in [3.8, 4) is 0 Å². The number of halogens is 1. The maximum atomic E-state index is 5.91. The van der Waals surface area contributed by atoms with Gasteiger partial charge in [0.05, 0.1) is 0 Å². The van der Waals surface area contributed by atoms with Gasteiger partial charge in [-0.25, -0.2) is 0 Å². The Bertz CT molecular complexity index is 300. The van der Waals surface area contributed by atoms with Crippen LogP contribution in [0.5, 0.6) is 0 Å². The van der Waals surface area contributed by atoms with Gasteiger partial charge in [0, 0.05) is 25.3 Å². The molecule has 17 heavy (non-hydrogen) atoms. The Morgan fingerprint density at radius 3 is 2.53 bits per heavy atom. The first-order valence-electron chi connectivity index (χ1n) is 6.17. The third-order valence-electron chi connectivity index (χ3n) is 2.94. The Hall–Kier alpha value is -0.570. The lowest BCUT2D eigenvalue weighted by Crippen LogP contribution is -2.17. The summed E-state index contributed by atoms with van der Waals surface area (Å²) in [6, 6.07) is 8.19. The van der Waals surface area contributed by atoms with Crippen molar-refractivity contribution in [3.05, 3.63) is 34.9 Å². The molecular weight excluding hydrogens is 234 g/mol. The van der Waals surface area contributed by atoms with Crippen molar-refractivity contribution in [2.45, 2.75) is 25.2 Å². The Balaban J connectivity index is 2.49. The predicted octanol–water partition coefficient (Wildman–Crippen LogP) is 3.46. The molecular formula is C14H22ClNO. The molecule has 0 aliphatic carbocycles. The maximum Gasteiger partial charge on any atom is 0.0462 e. The third-order valence-corrected chi connectivity index (χ3v) is 3.19. The zero-order valence-electron chi connectivity index (χ0n) is 10.7. The quantitative estimate of drug-likeness (QED) is 0.719. The van der Waals surface area contributed by atoms with E-state index in [4.69, 9.17) is 16.3 Å². The van der Waals surface area contributed by atoms with E-state index in [0.717, 1.165) is 24.6 Å². The molecule has 1 aromatic rings. The van der Waals surface area contributed by atoms with E-state index >= 15 is 0 Å². The third kappa shape index (κ3) is 5.53. The van der Waals surface area contributed by atoms with Crippen LogP contribution in [0.2, 0.25) is 5.02 Å². The largest absolute Gasteiger partial charge is 0.385 e. The van der Waals surface area contributed by atoms with Crippen molar-refractivity contribution in [2.24, 2.45) is 0 Å². The number of rotatable bonds is 8. The van der Waals surface area contributed by atoms with Gasteiger partial charge in [0.25, 0.3) is 0 Å². The highest BCUT2D eigenvalue weighted by atomic mass is 35.5. The molecule has 0 bridgehead atoms. The summed E-state index contributed by atoms with van der Waals surface area (Å²) in [5.41, 5.74) is 1.36. The Kier molecular flexibility index (Phi) is 7.25. The molecule has 1 N–H and O–H groups in total. The minimum absolute atomic E-state index is 0.564. The molecule has 1 rings (SSSR count). The SMILES string of the molecule is CNCC(CCCCOC)c1ccc(Cl)cc1. The van der Waals surface area contributed by atoms with Crippen LogP contribution in [0, 0.1) is 0 Å². The van der Waals surface area contributed by atoms with Crippen LogP contribution in [0.15, 0.2) is 24.3 Å². The fraction of sp³-hybridized carbons (Fsp3) is 0.571. The summed E-state index contributed by atoms with van der Waals surface area (Å²) in [5, 5.41) is 4.06. The molecule has 2 nitrogen and oxygen atoms in total. The van der Waals surface area contributed by atoms with Crippen LogP contribution in [0.25, 0.3) is 0 Å². The van der Waals surface area contributed by atoms with E-state index in [0.29, 0.717) is 5.92 Å². The average Bonchev–Trinajstić information content (AvgIpc) is 2.34. The number of unbranched alkanes of at least 4 members (excludes halogenated alkanes) is 1. The number of hydrogen-bond donors (Lipinski definition) is 1. The summed E-state index contributed by atoms with van der Waals surface area (Å²) in [5.74, 6) is 0.564. The van der Waals surface area contributed by atoms with Gasteiger partial charge in [0.2, 0.25) is 0 Å². The molecule has 1 aromatic carbocycles. The lowest BCUT2D eigenvalue weighted by atomic mass is 9.93. The summed E-state index contributed by atoms with van der Waals surface area (Å²) in [6.45, 7) is 1.86. The van der Waals surface area contributed by atoms with Gasteiger partial charge < -0.3 is 10.1 Å². The van der Waals surface area contributed by atoms with Crippen molar-refractivity contribution >= 4 is 11.6 Å². The fourth-order valence-corrected chi connectivity index (χ4v) is 2.13. The average molecular weight is 256 g/mol. The lowest BCUT2D eigenvalue weighted by molar-refractivity contribution is 0.191. The molecule has 1 atom stereocenters. The normalized spacial score (nSPS) is 12.6. The molecule has 0 saturated heterocycles. The first-order chi connectivity index (χ1) is 8.27. The number of hydrogen-bond acceptors (Lipinski definition) is 2. The van der Waals surface area contributed by atoms with Crippen LogP contribution < -0.4 is 5.32 Å². The van der Waals surface area contributed by atoms with Crippen molar-refractivity contribution < 1.29 is 4.74 Å². The monoisotopic (exact) mass is 255 g/mol. The van der Waals surface area contributed by atoms with Crippen LogP contribution in [-0.4, -0.2) is 27.3 Å². The summed E-state index contributed by atoms with van der Waals surface area (Å²) in [6.07, 6.45) is 3.51. The highest BCUT2D eigenvalue weighted by Gasteiger charge is 2.10. The molecule has 0 radical (unpaired) electrons. The van der Waals surface area contributed by atoms with Gasteiger partial charge in [-0.05, 0) is 43.5 Å². The molecule has 0 saturated carbocycles. The molecule has 0 spiro atoms.